The van der Waals surface area contributed by atoms with E-state index in [4.69, 9.17) is 16.1 Å². The molecule has 7 nitrogen and oxygen atoms in total. The van der Waals surface area contributed by atoms with Crippen molar-refractivity contribution in [3.63, 3.8) is 0 Å². The molecule has 0 aliphatic carbocycles. The van der Waals surface area contributed by atoms with Crippen molar-refractivity contribution in [1.82, 2.24) is 25.3 Å². The second kappa shape index (κ2) is 7.11. The lowest BCUT2D eigenvalue weighted by atomic mass is 10.0. The number of hydrogen-bond acceptors (Lipinski definition) is 6. The molecule has 0 atom stereocenters. The predicted molar refractivity (Wildman–Crippen MR) is 93.0 cm³/mol. The molecule has 0 unspecified atom stereocenters. The first-order valence-electron chi connectivity index (χ1n) is 8.49. The Hall–Kier alpha value is -1.96. The van der Waals surface area contributed by atoms with Crippen LogP contribution in [0.2, 0.25) is 5.02 Å². The number of benzene rings is 1. The number of amides is 1. The minimum atomic E-state index is 0.171. The maximum atomic E-state index is 12.2. The highest BCUT2D eigenvalue weighted by atomic mass is 35.5. The third-order valence-electron chi connectivity index (χ3n) is 4.74. The normalized spacial score (nSPS) is 19.0. The quantitative estimate of drug-likeness (QED) is 0.883. The molecule has 0 radical (unpaired) electrons. The molecule has 0 saturated carbocycles. The number of piperazine rings is 1. The minimum Gasteiger partial charge on any atom is -0.340 e. The molecule has 25 heavy (non-hydrogen) atoms. The van der Waals surface area contributed by atoms with E-state index >= 15 is 0 Å². The zero-order chi connectivity index (χ0) is 17.2. The zero-order valence-electron chi connectivity index (χ0n) is 13.8. The van der Waals surface area contributed by atoms with E-state index in [-0.39, 0.29) is 11.8 Å². The van der Waals surface area contributed by atoms with Crippen LogP contribution in [0.25, 0.3) is 11.4 Å². The van der Waals surface area contributed by atoms with Crippen LogP contribution in [0.1, 0.15) is 5.89 Å². The number of carbonyl (C=O) groups excluding carboxylic acids is 1. The van der Waals surface area contributed by atoms with E-state index in [0.717, 1.165) is 44.8 Å². The molecular formula is C17H20ClN5O2. The van der Waals surface area contributed by atoms with Gasteiger partial charge in [0.15, 0.2) is 0 Å². The Kier molecular flexibility index (Phi) is 4.70. The number of aromatic nitrogens is 2. The zero-order valence-corrected chi connectivity index (χ0v) is 14.6. The van der Waals surface area contributed by atoms with E-state index in [1.54, 1.807) is 12.1 Å². The van der Waals surface area contributed by atoms with E-state index in [9.17, 15) is 4.79 Å². The molecule has 4 rings (SSSR count). The first kappa shape index (κ1) is 16.5. The summed E-state index contributed by atoms with van der Waals surface area (Å²) in [4.78, 5) is 20.9. The Bertz CT molecular complexity index is 736. The standard InChI is InChI=1S/C17H20ClN5O2/c18-14-3-1-12(2-4-14)16-20-15(25-21-16)11-22-5-7-23(8-6-22)17(24)13-9-19-10-13/h1-4,13,19H,5-11H2. The Balaban J connectivity index is 1.31. The molecule has 2 aliphatic rings. The highest BCUT2D eigenvalue weighted by Gasteiger charge is 2.31. The molecule has 3 heterocycles. The number of halogens is 1. The predicted octanol–water partition coefficient (Wildman–Crippen LogP) is 1.25. The highest BCUT2D eigenvalue weighted by Crippen LogP contribution is 2.19. The van der Waals surface area contributed by atoms with Gasteiger partial charge in [0.05, 0.1) is 12.5 Å². The number of carbonyl (C=O) groups is 1. The summed E-state index contributed by atoms with van der Waals surface area (Å²) >= 11 is 5.90. The van der Waals surface area contributed by atoms with Crippen molar-refractivity contribution in [2.24, 2.45) is 5.92 Å². The van der Waals surface area contributed by atoms with Gasteiger partial charge in [-0.05, 0) is 24.3 Å². The smallest absolute Gasteiger partial charge is 0.241 e. The lowest BCUT2D eigenvalue weighted by molar-refractivity contribution is -0.139. The number of nitrogens with one attached hydrogen (secondary N) is 1. The first-order chi connectivity index (χ1) is 12.2. The summed E-state index contributed by atoms with van der Waals surface area (Å²) in [5, 5.41) is 7.87. The number of nitrogens with zero attached hydrogens (tertiary/aromatic N) is 4. The van der Waals surface area contributed by atoms with Gasteiger partial charge in [-0.15, -0.1) is 0 Å². The van der Waals surface area contributed by atoms with Crippen LogP contribution >= 0.6 is 11.6 Å². The van der Waals surface area contributed by atoms with Crippen LogP contribution in [0.3, 0.4) is 0 Å². The molecule has 2 aromatic rings. The van der Waals surface area contributed by atoms with Gasteiger partial charge in [-0.25, -0.2) is 0 Å². The van der Waals surface area contributed by atoms with Crippen LogP contribution in [0, 0.1) is 5.92 Å². The molecule has 1 amide bonds. The molecule has 0 bridgehead atoms. The van der Waals surface area contributed by atoms with Crippen LogP contribution < -0.4 is 5.32 Å². The maximum absolute atomic E-state index is 12.2. The molecule has 2 aliphatic heterocycles. The molecule has 1 aromatic heterocycles. The molecule has 1 N–H and O–H groups in total. The average molecular weight is 362 g/mol. The van der Waals surface area contributed by atoms with E-state index in [1.807, 2.05) is 17.0 Å². The Morgan fingerprint density at radius 3 is 2.56 bits per heavy atom. The van der Waals surface area contributed by atoms with Gasteiger partial charge in [0, 0.05) is 49.9 Å². The van der Waals surface area contributed by atoms with Crippen LogP contribution in [0.5, 0.6) is 0 Å². The van der Waals surface area contributed by atoms with E-state index in [1.165, 1.54) is 0 Å². The molecule has 2 saturated heterocycles. The first-order valence-corrected chi connectivity index (χ1v) is 8.87. The second-order valence-corrected chi connectivity index (χ2v) is 6.91. The summed E-state index contributed by atoms with van der Waals surface area (Å²) in [6, 6.07) is 7.36. The molecule has 132 valence electrons. The summed E-state index contributed by atoms with van der Waals surface area (Å²) < 4.78 is 5.37. The maximum Gasteiger partial charge on any atom is 0.241 e. The van der Waals surface area contributed by atoms with Crippen molar-refractivity contribution < 1.29 is 9.32 Å². The summed E-state index contributed by atoms with van der Waals surface area (Å²) in [5.41, 5.74) is 0.879. The van der Waals surface area contributed by atoms with E-state index in [0.29, 0.717) is 23.3 Å². The van der Waals surface area contributed by atoms with E-state index < -0.39 is 0 Å². The van der Waals surface area contributed by atoms with Gasteiger partial charge in [-0.1, -0.05) is 16.8 Å². The average Bonchev–Trinajstić information content (AvgIpc) is 3.03. The summed E-state index contributed by atoms with van der Waals surface area (Å²) in [6.07, 6.45) is 0. The third kappa shape index (κ3) is 3.68. The fraction of sp³-hybridized carbons (Fsp3) is 0.471. The number of rotatable bonds is 4. The van der Waals surface area contributed by atoms with Crippen molar-refractivity contribution in [2.45, 2.75) is 6.54 Å². The lowest BCUT2D eigenvalue weighted by Crippen LogP contribution is -2.56. The third-order valence-corrected chi connectivity index (χ3v) is 5.00. The molecule has 1 aromatic carbocycles. The topological polar surface area (TPSA) is 74.5 Å². The van der Waals surface area contributed by atoms with Gasteiger partial charge in [0.2, 0.25) is 17.6 Å². The molecular weight excluding hydrogens is 342 g/mol. The van der Waals surface area contributed by atoms with Crippen molar-refractivity contribution in [3.05, 3.63) is 35.2 Å². The second-order valence-electron chi connectivity index (χ2n) is 6.48. The van der Waals surface area contributed by atoms with Crippen LogP contribution in [0.15, 0.2) is 28.8 Å². The monoisotopic (exact) mass is 361 g/mol. The van der Waals surface area contributed by atoms with Crippen molar-refractivity contribution >= 4 is 17.5 Å². The Labute approximate surface area is 150 Å². The van der Waals surface area contributed by atoms with Crippen molar-refractivity contribution in [1.29, 1.82) is 0 Å². The van der Waals surface area contributed by atoms with Crippen molar-refractivity contribution in [2.75, 3.05) is 39.3 Å². The Morgan fingerprint density at radius 1 is 1.20 bits per heavy atom. The van der Waals surface area contributed by atoms with Gasteiger partial charge >= 0.3 is 0 Å². The van der Waals surface area contributed by atoms with Gasteiger partial charge in [-0.2, -0.15) is 4.98 Å². The molecule has 8 heteroatoms. The van der Waals surface area contributed by atoms with Crippen LogP contribution in [0.4, 0.5) is 0 Å². The van der Waals surface area contributed by atoms with Gasteiger partial charge in [0.25, 0.3) is 0 Å². The van der Waals surface area contributed by atoms with Crippen LogP contribution in [-0.4, -0.2) is 65.1 Å². The van der Waals surface area contributed by atoms with Crippen molar-refractivity contribution in [3.8, 4) is 11.4 Å². The highest BCUT2D eigenvalue weighted by molar-refractivity contribution is 6.30. The molecule has 0 spiro atoms. The Morgan fingerprint density at radius 2 is 1.92 bits per heavy atom. The largest absolute Gasteiger partial charge is 0.340 e. The fourth-order valence-electron chi connectivity index (χ4n) is 3.07. The minimum absolute atomic E-state index is 0.171. The molecule has 2 fully saturated rings. The summed E-state index contributed by atoms with van der Waals surface area (Å²) in [7, 11) is 0. The summed E-state index contributed by atoms with van der Waals surface area (Å²) in [6.45, 7) is 5.40. The summed E-state index contributed by atoms with van der Waals surface area (Å²) in [5.74, 6) is 1.61. The van der Waals surface area contributed by atoms with Gasteiger partial charge in [-0.3, -0.25) is 9.69 Å². The van der Waals surface area contributed by atoms with Gasteiger partial charge in [0.1, 0.15) is 0 Å². The lowest BCUT2D eigenvalue weighted by Gasteiger charge is -2.38. The van der Waals surface area contributed by atoms with E-state index in [2.05, 4.69) is 20.4 Å². The van der Waals surface area contributed by atoms with Crippen LogP contribution in [-0.2, 0) is 11.3 Å². The fourth-order valence-corrected chi connectivity index (χ4v) is 3.20. The van der Waals surface area contributed by atoms with Gasteiger partial charge < -0.3 is 14.7 Å². The number of hydrogen-bond donors (Lipinski definition) is 1. The SMILES string of the molecule is O=C(C1CNC1)N1CCN(Cc2nc(-c3ccc(Cl)cc3)no2)CC1.